The van der Waals surface area contributed by atoms with Crippen LogP contribution in [0.25, 0.3) is 0 Å². The second-order valence-electron chi connectivity index (χ2n) is 6.16. The van der Waals surface area contributed by atoms with Gasteiger partial charge in [-0.3, -0.25) is 4.68 Å². The first kappa shape index (κ1) is 16.1. The second kappa shape index (κ2) is 7.19. The third-order valence-electron chi connectivity index (χ3n) is 4.47. The fourth-order valence-corrected chi connectivity index (χ4v) is 3.09. The van der Waals surface area contributed by atoms with E-state index in [0.717, 1.165) is 44.6 Å². The van der Waals surface area contributed by atoms with E-state index < -0.39 is 17.7 Å². The van der Waals surface area contributed by atoms with Crippen molar-refractivity contribution in [3.05, 3.63) is 53.9 Å². The number of hydrogen-bond donors (Lipinski definition) is 1. The molecule has 0 amide bonds. The zero-order valence-electron chi connectivity index (χ0n) is 12.9. The number of hydrogen-bond acceptors (Lipinski definition) is 3. The molecule has 0 spiro atoms. The summed E-state index contributed by atoms with van der Waals surface area (Å²) >= 11 is 0. The number of aromatic nitrogens is 2. The Morgan fingerprint density at radius 2 is 2.00 bits per heavy atom. The maximum absolute atomic E-state index is 13.2. The first-order valence-electron chi connectivity index (χ1n) is 7.94. The van der Waals surface area contributed by atoms with Gasteiger partial charge in [0.05, 0.1) is 6.10 Å². The first-order valence-corrected chi connectivity index (χ1v) is 7.94. The van der Waals surface area contributed by atoms with Crippen molar-refractivity contribution >= 4 is 0 Å². The van der Waals surface area contributed by atoms with Crippen LogP contribution in [0, 0.1) is 17.6 Å². The van der Waals surface area contributed by atoms with Crippen molar-refractivity contribution in [3.8, 4) is 0 Å². The van der Waals surface area contributed by atoms with E-state index in [1.54, 1.807) is 6.20 Å². The molecule has 1 atom stereocenters. The molecular formula is C17H21F2N3O. The lowest BCUT2D eigenvalue weighted by Gasteiger charge is -2.33. The van der Waals surface area contributed by atoms with Crippen LogP contribution >= 0.6 is 0 Å². The molecule has 124 valence electrons. The van der Waals surface area contributed by atoms with Gasteiger partial charge in [0.15, 0.2) is 11.6 Å². The lowest BCUT2D eigenvalue weighted by atomic mass is 9.96. The van der Waals surface area contributed by atoms with Crippen molar-refractivity contribution in [2.45, 2.75) is 25.5 Å². The minimum Gasteiger partial charge on any atom is -0.387 e. The van der Waals surface area contributed by atoms with Gasteiger partial charge in [0.25, 0.3) is 0 Å². The molecule has 1 fully saturated rings. The Hall–Kier alpha value is -1.79. The molecule has 1 aliphatic heterocycles. The molecule has 23 heavy (non-hydrogen) atoms. The van der Waals surface area contributed by atoms with Gasteiger partial charge in [0.2, 0.25) is 0 Å². The fraction of sp³-hybridized carbons (Fsp3) is 0.471. The molecule has 2 heterocycles. The van der Waals surface area contributed by atoms with Crippen LogP contribution < -0.4 is 0 Å². The molecule has 0 bridgehead atoms. The number of piperidine rings is 1. The molecule has 1 N–H and O–H groups in total. The summed E-state index contributed by atoms with van der Waals surface area (Å²) in [5.41, 5.74) is 0.419. The second-order valence-corrected chi connectivity index (χ2v) is 6.16. The van der Waals surface area contributed by atoms with Crippen LogP contribution in [0.3, 0.4) is 0 Å². The van der Waals surface area contributed by atoms with Crippen LogP contribution in [0.1, 0.15) is 24.5 Å². The molecular weight excluding hydrogens is 300 g/mol. The predicted molar refractivity (Wildman–Crippen MR) is 82.7 cm³/mol. The maximum atomic E-state index is 13.2. The van der Waals surface area contributed by atoms with Gasteiger partial charge in [-0.15, -0.1) is 0 Å². The molecule has 1 saturated heterocycles. The van der Waals surface area contributed by atoms with E-state index in [2.05, 4.69) is 10.00 Å². The summed E-state index contributed by atoms with van der Waals surface area (Å²) in [4.78, 5) is 2.17. The quantitative estimate of drug-likeness (QED) is 0.920. The largest absolute Gasteiger partial charge is 0.387 e. The van der Waals surface area contributed by atoms with Crippen LogP contribution in [0.5, 0.6) is 0 Å². The van der Waals surface area contributed by atoms with Gasteiger partial charge in [-0.1, -0.05) is 6.07 Å². The topological polar surface area (TPSA) is 41.3 Å². The van der Waals surface area contributed by atoms with Gasteiger partial charge >= 0.3 is 0 Å². The molecule has 0 radical (unpaired) electrons. The third-order valence-corrected chi connectivity index (χ3v) is 4.47. The summed E-state index contributed by atoms with van der Waals surface area (Å²) in [6, 6.07) is 5.50. The van der Waals surface area contributed by atoms with Gasteiger partial charge in [0, 0.05) is 25.5 Å². The highest BCUT2D eigenvalue weighted by Gasteiger charge is 2.22. The number of β-amino-alcohol motifs (C(OH)–C–C–N with tert-alkyl or cyclic N) is 1. The number of likely N-dealkylation sites (tertiary alicyclic amines) is 1. The Balaban J connectivity index is 1.49. The number of aliphatic hydroxyl groups excluding tert-OH is 1. The van der Waals surface area contributed by atoms with Crippen molar-refractivity contribution in [2.75, 3.05) is 19.6 Å². The number of benzene rings is 1. The number of aliphatic hydroxyl groups is 1. The van der Waals surface area contributed by atoms with Gasteiger partial charge in [-0.25, -0.2) is 8.78 Å². The summed E-state index contributed by atoms with van der Waals surface area (Å²) in [7, 11) is 0. The highest BCUT2D eigenvalue weighted by Crippen LogP contribution is 2.22. The monoisotopic (exact) mass is 321 g/mol. The smallest absolute Gasteiger partial charge is 0.159 e. The van der Waals surface area contributed by atoms with Gasteiger partial charge < -0.3 is 10.0 Å². The van der Waals surface area contributed by atoms with E-state index in [0.29, 0.717) is 18.0 Å². The number of rotatable bonds is 5. The fourth-order valence-electron chi connectivity index (χ4n) is 3.09. The Bertz CT molecular complexity index is 625. The van der Waals surface area contributed by atoms with Crippen molar-refractivity contribution < 1.29 is 13.9 Å². The molecule has 4 nitrogen and oxygen atoms in total. The summed E-state index contributed by atoms with van der Waals surface area (Å²) in [6.45, 7) is 3.16. The molecule has 6 heteroatoms. The molecule has 1 aromatic carbocycles. The first-order chi connectivity index (χ1) is 11.1. The summed E-state index contributed by atoms with van der Waals surface area (Å²) < 4.78 is 28.1. The SMILES string of the molecule is O[C@H](CN1CCC(Cn2cccn2)CC1)c1ccc(F)c(F)c1. The average molecular weight is 321 g/mol. The Morgan fingerprint density at radius 1 is 1.22 bits per heavy atom. The van der Waals surface area contributed by atoms with Gasteiger partial charge in [-0.05, 0) is 55.6 Å². The highest BCUT2D eigenvalue weighted by molar-refractivity contribution is 5.20. The van der Waals surface area contributed by atoms with Gasteiger partial charge in [0.1, 0.15) is 0 Å². The lowest BCUT2D eigenvalue weighted by Crippen LogP contribution is -2.37. The van der Waals surface area contributed by atoms with E-state index in [9.17, 15) is 13.9 Å². The zero-order valence-corrected chi connectivity index (χ0v) is 12.9. The average Bonchev–Trinajstić information content (AvgIpc) is 3.05. The van der Waals surface area contributed by atoms with E-state index >= 15 is 0 Å². The van der Waals surface area contributed by atoms with Crippen LogP contribution in [0.15, 0.2) is 36.7 Å². The molecule has 1 aliphatic rings. The minimum absolute atomic E-state index is 0.419. The highest BCUT2D eigenvalue weighted by atomic mass is 19.2. The van der Waals surface area contributed by atoms with E-state index in [1.807, 2.05) is 16.9 Å². The Kier molecular flexibility index (Phi) is 5.03. The van der Waals surface area contributed by atoms with E-state index in [1.165, 1.54) is 6.07 Å². The van der Waals surface area contributed by atoms with E-state index in [-0.39, 0.29) is 0 Å². The number of nitrogens with zero attached hydrogens (tertiary/aromatic N) is 3. The zero-order chi connectivity index (χ0) is 16.2. The summed E-state index contributed by atoms with van der Waals surface area (Å²) in [5, 5.41) is 14.4. The minimum atomic E-state index is -0.917. The molecule has 0 saturated carbocycles. The predicted octanol–water partition coefficient (Wildman–Crippen LogP) is 2.61. The van der Waals surface area contributed by atoms with Crippen LogP contribution in [-0.4, -0.2) is 39.4 Å². The summed E-state index contributed by atoms with van der Waals surface area (Å²) in [5.74, 6) is -1.22. The summed E-state index contributed by atoms with van der Waals surface area (Å²) in [6.07, 6.45) is 5.05. The van der Waals surface area contributed by atoms with Crippen molar-refractivity contribution in [3.63, 3.8) is 0 Å². The van der Waals surface area contributed by atoms with Crippen molar-refractivity contribution in [2.24, 2.45) is 5.92 Å². The lowest BCUT2D eigenvalue weighted by molar-refractivity contribution is 0.0858. The third kappa shape index (κ3) is 4.14. The molecule has 3 rings (SSSR count). The molecule has 0 aliphatic carbocycles. The van der Waals surface area contributed by atoms with Crippen LogP contribution in [-0.2, 0) is 6.54 Å². The van der Waals surface area contributed by atoms with Gasteiger partial charge in [-0.2, -0.15) is 5.10 Å². The maximum Gasteiger partial charge on any atom is 0.159 e. The number of halogens is 2. The molecule has 1 aromatic heterocycles. The van der Waals surface area contributed by atoms with Crippen LogP contribution in [0.4, 0.5) is 8.78 Å². The van der Waals surface area contributed by atoms with Crippen molar-refractivity contribution in [1.29, 1.82) is 0 Å². The molecule has 2 aromatic rings. The standard InChI is InChI=1S/C17H21F2N3O/c18-15-3-2-14(10-16(15)19)17(23)12-21-8-4-13(5-9-21)11-22-7-1-6-20-22/h1-3,6-7,10,13,17,23H,4-5,8-9,11-12H2/t17-/m1/s1. The van der Waals surface area contributed by atoms with Crippen molar-refractivity contribution in [1.82, 2.24) is 14.7 Å². The van der Waals surface area contributed by atoms with E-state index in [4.69, 9.17) is 0 Å². The Labute approximate surface area is 134 Å². The Morgan fingerprint density at radius 3 is 2.65 bits per heavy atom. The normalized spacial score (nSPS) is 18.2. The van der Waals surface area contributed by atoms with Crippen LogP contribution in [0.2, 0.25) is 0 Å². The molecule has 0 unspecified atom stereocenters.